The normalized spacial score (nSPS) is 20.5. The molecule has 0 aliphatic carbocycles. The van der Waals surface area contributed by atoms with Gasteiger partial charge in [0.2, 0.25) is 11.8 Å². The van der Waals surface area contributed by atoms with Gasteiger partial charge in [-0.3, -0.25) is 19.5 Å². The molecule has 6 heteroatoms. The molecule has 146 valence electrons. The van der Waals surface area contributed by atoms with E-state index in [0.717, 1.165) is 19.6 Å². The van der Waals surface area contributed by atoms with Gasteiger partial charge in [0.05, 0.1) is 12.5 Å². The van der Waals surface area contributed by atoms with Crippen LogP contribution in [0.3, 0.4) is 0 Å². The lowest BCUT2D eigenvalue weighted by Gasteiger charge is -2.41. The molecule has 2 aromatic rings. The molecule has 0 radical (unpaired) electrons. The predicted molar refractivity (Wildman–Crippen MR) is 107 cm³/mol. The zero-order valence-corrected chi connectivity index (χ0v) is 16.2. The topological polar surface area (TPSA) is 65.5 Å². The molecule has 1 atom stereocenters. The Morgan fingerprint density at radius 1 is 1.14 bits per heavy atom. The first-order chi connectivity index (χ1) is 13.6. The first-order valence-electron chi connectivity index (χ1n) is 9.85. The molecule has 1 aromatic heterocycles. The van der Waals surface area contributed by atoms with E-state index in [2.05, 4.69) is 46.4 Å². The van der Waals surface area contributed by atoms with Crippen LogP contribution in [0.1, 0.15) is 29.0 Å². The van der Waals surface area contributed by atoms with Crippen LogP contribution in [0.15, 0.2) is 48.8 Å². The number of hydrogen-bond acceptors (Lipinski definition) is 4. The maximum absolute atomic E-state index is 12.8. The van der Waals surface area contributed by atoms with Crippen LogP contribution < -0.4 is 5.32 Å². The van der Waals surface area contributed by atoms with Crippen LogP contribution in [0.2, 0.25) is 0 Å². The Bertz CT molecular complexity index is 831. The average molecular weight is 378 g/mol. The third kappa shape index (κ3) is 4.07. The van der Waals surface area contributed by atoms with Crippen molar-refractivity contribution in [1.29, 1.82) is 0 Å². The van der Waals surface area contributed by atoms with Gasteiger partial charge in [0, 0.05) is 51.0 Å². The van der Waals surface area contributed by atoms with Gasteiger partial charge in [-0.15, -0.1) is 0 Å². The molecule has 0 bridgehead atoms. The van der Waals surface area contributed by atoms with Crippen LogP contribution in [0.5, 0.6) is 0 Å². The molecule has 2 fully saturated rings. The highest BCUT2D eigenvalue weighted by Crippen LogP contribution is 2.27. The summed E-state index contributed by atoms with van der Waals surface area (Å²) in [5.41, 5.74) is 3.60. The van der Waals surface area contributed by atoms with Crippen LogP contribution in [-0.4, -0.2) is 58.8 Å². The zero-order chi connectivity index (χ0) is 19.5. The highest BCUT2D eigenvalue weighted by molar-refractivity contribution is 5.89. The molecule has 1 aromatic carbocycles. The lowest BCUT2D eigenvalue weighted by atomic mass is 9.91. The maximum atomic E-state index is 12.8. The van der Waals surface area contributed by atoms with E-state index in [9.17, 15) is 9.59 Å². The lowest BCUT2D eigenvalue weighted by Crippen LogP contribution is -2.57. The Hall–Kier alpha value is -2.73. The Balaban J connectivity index is 1.36. The summed E-state index contributed by atoms with van der Waals surface area (Å²) in [5.74, 6) is 0.384. The molecule has 2 saturated heterocycles. The third-order valence-electron chi connectivity index (χ3n) is 5.73. The van der Waals surface area contributed by atoms with Gasteiger partial charge in [0.15, 0.2) is 0 Å². The molecule has 4 rings (SSSR count). The van der Waals surface area contributed by atoms with Gasteiger partial charge in [-0.2, -0.15) is 0 Å². The second-order valence-electron chi connectivity index (χ2n) is 7.74. The van der Waals surface area contributed by atoms with Crippen LogP contribution in [0.25, 0.3) is 0 Å². The minimum atomic E-state index is -0.400. The smallest absolute Gasteiger partial charge is 0.237 e. The van der Waals surface area contributed by atoms with Crippen molar-refractivity contribution in [2.24, 2.45) is 0 Å². The van der Waals surface area contributed by atoms with Crippen LogP contribution in [-0.2, 0) is 16.1 Å². The van der Waals surface area contributed by atoms with Gasteiger partial charge in [-0.05, 0) is 30.2 Å². The molecule has 2 amide bonds. The summed E-state index contributed by atoms with van der Waals surface area (Å²) in [5, 5.41) is 2.91. The van der Waals surface area contributed by atoms with E-state index in [1.807, 2.05) is 17.0 Å². The molecule has 2 aliphatic heterocycles. The number of hydrogen-bond donors (Lipinski definition) is 1. The van der Waals surface area contributed by atoms with E-state index in [4.69, 9.17) is 0 Å². The van der Waals surface area contributed by atoms with Gasteiger partial charge < -0.3 is 10.2 Å². The number of pyridine rings is 1. The number of piperazine rings is 1. The van der Waals surface area contributed by atoms with E-state index < -0.39 is 6.04 Å². The molecule has 2 aliphatic rings. The molecule has 1 unspecified atom stereocenters. The van der Waals surface area contributed by atoms with Crippen molar-refractivity contribution < 1.29 is 9.59 Å². The number of amides is 2. The van der Waals surface area contributed by atoms with Crippen molar-refractivity contribution in [1.82, 2.24) is 20.1 Å². The largest absolute Gasteiger partial charge is 0.353 e. The second kappa shape index (κ2) is 8.10. The highest BCUT2D eigenvalue weighted by atomic mass is 16.2. The molecule has 6 nitrogen and oxygen atoms in total. The van der Waals surface area contributed by atoms with E-state index in [1.54, 1.807) is 12.4 Å². The summed E-state index contributed by atoms with van der Waals surface area (Å²) in [6.45, 7) is 5.57. The van der Waals surface area contributed by atoms with E-state index in [0.29, 0.717) is 19.0 Å². The third-order valence-corrected chi connectivity index (χ3v) is 5.73. The molecule has 3 heterocycles. The predicted octanol–water partition coefficient (Wildman–Crippen LogP) is 1.71. The Kier molecular flexibility index (Phi) is 5.39. The lowest BCUT2D eigenvalue weighted by molar-refractivity contribution is -0.142. The van der Waals surface area contributed by atoms with E-state index in [1.165, 1.54) is 16.7 Å². The number of nitrogens with one attached hydrogen (secondary N) is 1. The van der Waals surface area contributed by atoms with E-state index in [-0.39, 0.29) is 18.2 Å². The summed E-state index contributed by atoms with van der Waals surface area (Å²) in [6, 6.07) is 12.0. The fourth-order valence-electron chi connectivity index (χ4n) is 3.92. The fraction of sp³-hybridized carbons (Fsp3) is 0.409. The van der Waals surface area contributed by atoms with Crippen molar-refractivity contribution in [3.8, 4) is 0 Å². The zero-order valence-electron chi connectivity index (χ0n) is 16.2. The van der Waals surface area contributed by atoms with Gasteiger partial charge in [-0.25, -0.2) is 0 Å². The number of aryl methyl sites for hydroxylation is 1. The van der Waals surface area contributed by atoms with Gasteiger partial charge in [-0.1, -0.05) is 29.8 Å². The fourth-order valence-corrected chi connectivity index (χ4v) is 3.92. The summed E-state index contributed by atoms with van der Waals surface area (Å²) < 4.78 is 0. The maximum Gasteiger partial charge on any atom is 0.237 e. The number of rotatable bonds is 5. The minimum absolute atomic E-state index is 0.0436. The highest BCUT2D eigenvalue weighted by Gasteiger charge is 2.37. The van der Waals surface area contributed by atoms with Crippen molar-refractivity contribution in [2.75, 3.05) is 26.2 Å². The van der Waals surface area contributed by atoms with Gasteiger partial charge in [0.25, 0.3) is 0 Å². The van der Waals surface area contributed by atoms with Crippen molar-refractivity contribution in [2.45, 2.75) is 31.8 Å². The Labute approximate surface area is 165 Å². The molecular weight excluding hydrogens is 352 g/mol. The Morgan fingerprint density at radius 3 is 2.57 bits per heavy atom. The number of likely N-dealkylation sites (tertiary alicyclic amines) is 1. The monoisotopic (exact) mass is 378 g/mol. The summed E-state index contributed by atoms with van der Waals surface area (Å²) in [6.07, 6.45) is 3.81. The average Bonchev–Trinajstić information content (AvgIpc) is 2.66. The molecular formula is C22H26N4O2. The minimum Gasteiger partial charge on any atom is -0.353 e. The van der Waals surface area contributed by atoms with Crippen molar-refractivity contribution >= 4 is 11.8 Å². The molecule has 1 N–H and O–H groups in total. The first-order valence-corrected chi connectivity index (χ1v) is 9.85. The van der Waals surface area contributed by atoms with Gasteiger partial charge >= 0.3 is 0 Å². The summed E-state index contributed by atoms with van der Waals surface area (Å²) in [7, 11) is 0. The number of benzene rings is 1. The number of carbonyl (C=O) groups is 2. The summed E-state index contributed by atoms with van der Waals surface area (Å²) >= 11 is 0. The SMILES string of the molecule is Cc1ccc(CN2CCNC(=O)C2CC(=O)N2CC(c3ccncc3)C2)cc1. The second-order valence-corrected chi connectivity index (χ2v) is 7.74. The van der Waals surface area contributed by atoms with Gasteiger partial charge in [0.1, 0.15) is 0 Å². The molecule has 0 saturated carbocycles. The number of nitrogens with zero attached hydrogens (tertiary/aromatic N) is 3. The van der Waals surface area contributed by atoms with Crippen molar-refractivity contribution in [3.05, 3.63) is 65.5 Å². The summed E-state index contributed by atoms with van der Waals surface area (Å²) in [4.78, 5) is 33.3. The first kappa shape index (κ1) is 18.6. The van der Waals surface area contributed by atoms with Crippen molar-refractivity contribution in [3.63, 3.8) is 0 Å². The van der Waals surface area contributed by atoms with Crippen LogP contribution in [0.4, 0.5) is 0 Å². The number of aromatic nitrogens is 1. The number of carbonyl (C=O) groups excluding carboxylic acids is 2. The molecule has 0 spiro atoms. The van der Waals surface area contributed by atoms with Crippen LogP contribution in [0, 0.1) is 6.92 Å². The Morgan fingerprint density at radius 2 is 1.86 bits per heavy atom. The van der Waals surface area contributed by atoms with Crippen LogP contribution >= 0.6 is 0 Å². The molecule has 28 heavy (non-hydrogen) atoms. The standard InChI is InChI=1S/C22H26N4O2/c1-16-2-4-17(5-3-16)13-25-11-10-24-22(28)20(25)12-21(27)26-14-19(15-26)18-6-8-23-9-7-18/h2-9,19-20H,10-15H2,1H3,(H,24,28). The van der Waals surface area contributed by atoms with E-state index >= 15 is 0 Å². The quantitative estimate of drug-likeness (QED) is 0.860.